The van der Waals surface area contributed by atoms with E-state index in [2.05, 4.69) is 15.1 Å². The number of nitrogens with zero attached hydrogens (tertiary/aromatic N) is 3. The number of hydrogen-bond donors (Lipinski definition) is 2. The minimum absolute atomic E-state index is 0.269. The molecule has 1 aromatic heterocycles. The Hall–Kier alpha value is -2.63. The molecular formula is C19H27N5O5S. The molecule has 1 aliphatic heterocycles. The number of benzene rings is 1. The van der Waals surface area contributed by atoms with Gasteiger partial charge in [-0.1, -0.05) is 0 Å². The number of rotatable bonds is 6. The second-order valence-corrected chi connectivity index (χ2v) is 8.79. The van der Waals surface area contributed by atoms with Crippen molar-refractivity contribution in [1.29, 1.82) is 0 Å². The Balaban J connectivity index is 1.85. The maximum atomic E-state index is 13.0. The Bertz CT molecular complexity index is 1040. The molecule has 2 atom stereocenters. The Morgan fingerprint density at radius 1 is 1.30 bits per heavy atom. The predicted molar refractivity (Wildman–Crippen MR) is 112 cm³/mol. The molecule has 0 saturated carbocycles. The van der Waals surface area contributed by atoms with Crippen molar-refractivity contribution < 1.29 is 22.7 Å². The molecule has 30 heavy (non-hydrogen) atoms. The van der Waals surface area contributed by atoms with Gasteiger partial charge >= 0.3 is 0 Å². The maximum Gasteiger partial charge on any atom is 0.280 e. The van der Waals surface area contributed by atoms with Crippen LogP contribution in [0, 0.1) is 6.92 Å². The average Bonchev–Trinajstić information content (AvgIpc) is 3.10. The zero-order chi connectivity index (χ0) is 22.1. The third kappa shape index (κ3) is 4.27. The fourth-order valence-electron chi connectivity index (χ4n) is 3.49. The van der Waals surface area contributed by atoms with Crippen LogP contribution < -0.4 is 19.5 Å². The minimum Gasteiger partial charge on any atom is -0.493 e. The van der Waals surface area contributed by atoms with E-state index in [9.17, 15) is 13.2 Å². The summed E-state index contributed by atoms with van der Waals surface area (Å²) in [5.41, 5.74) is 1.97. The predicted octanol–water partition coefficient (Wildman–Crippen LogP) is 1.45. The van der Waals surface area contributed by atoms with E-state index < -0.39 is 28.2 Å². The number of carbonyl (C=O) groups excluding carboxylic acids is 1. The first-order valence-corrected chi connectivity index (χ1v) is 11.0. The van der Waals surface area contributed by atoms with E-state index >= 15 is 0 Å². The number of anilines is 1. The molecule has 0 spiro atoms. The van der Waals surface area contributed by atoms with E-state index in [1.165, 1.54) is 21.3 Å². The lowest BCUT2D eigenvalue weighted by atomic mass is 10.00. The van der Waals surface area contributed by atoms with Gasteiger partial charge in [-0.15, -0.1) is 0 Å². The van der Waals surface area contributed by atoms with Gasteiger partial charge in [0.2, 0.25) is 5.91 Å². The van der Waals surface area contributed by atoms with E-state index in [4.69, 9.17) is 9.47 Å². The van der Waals surface area contributed by atoms with E-state index in [-0.39, 0.29) is 6.42 Å². The molecule has 0 aliphatic carbocycles. The van der Waals surface area contributed by atoms with Crippen LogP contribution in [-0.2, 0) is 21.5 Å². The lowest BCUT2D eigenvalue weighted by Crippen LogP contribution is -2.56. The van der Waals surface area contributed by atoms with Crippen molar-refractivity contribution in [2.24, 2.45) is 0 Å². The van der Waals surface area contributed by atoms with Gasteiger partial charge in [0.25, 0.3) is 10.2 Å². The van der Waals surface area contributed by atoms with Crippen LogP contribution in [0.1, 0.15) is 30.6 Å². The first-order chi connectivity index (χ1) is 14.2. The molecule has 0 bridgehead atoms. The highest BCUT2D eigenvalue weighted by Gasteiger charge is 2.41. The molecule has 1 amide bonds. The fourth-order valence-corrected chi connectivity index (χ4v) is 4.76. The number of likely N-dealkylation sites (N-methyl/N-ethyl adjacent to an activating group) is 1. The summed E-state index contributed by atoms with van der Waals surface area (Å²) < 4.78 is 41.3. The van der Waals surface area contributed by atoms with Gasteiger partial charge in [-0.05, 0) is 32.4 Å². The van der Waals surface area contributed by atoms with Crippen molar-refractivity contribution in [2.75, 3.05) is 26.6 Å². The molecule has 1 saturated heterocycles. The topological polar surface area (TPSA) is 115 Å². The van der Waals surface area contributed by atoms with E-state index in [0.29, 0.717) is 23.7 Å². The highest BCUT2D eigenvalue weighted by molar-refractivity contribution is 7.87. The largest absolute Gasteiger partial charge is 0.493 e. The first kappa shape index (κ1) is 22.1. The van der Waals surface area contributed by atoms with Gasteiger partial charge in [-0.3, -0.25) is 9.48 Å². The molecule has 0 radical (unpaired) electrons. The molecule has 3 rings (SSSR count). The smallest absolute Gasteiger partial charge is 0.280 e. The van der Waals surface area contributed by atoms with E-state index in [1.807, 2.05) is 20.0 Å². The number of ether oxygens (including phenoxy) is 2. The molecule has 1 aliphatic rings. The molecule has 164 valence electrons. The maximum absolute atomic E-state index is 13.0. The SMILES string of the molecule is CCn1cc([C@H]2C[C@H](C(=O)Nc3ccc(OC)c(OC)c3)N(C)S(=O)(=O)N2)c(C)n1. The van der Waals surface area contributed by atoms with Crippen LogP contribution in [0.5, 0.6) is 11.5 Å². The van der Waals surface area contributed by atoms with Crippen LogP contribution in [0.15, 0.2) is 24.4 Å². The van der Waals surface area contributed by atoms with Crippen LogP contribution in [0.3, 0.4) is 0 Å². The van der Waals surface area contributed by atoms with Crippen LogP contribution in [0.4, 0.5) is 5.69 Å². The number of methoxy groups -OCH3 is 2. The summed E-state index contributed by atoms with van der Waals surface area (Å²) >= 11 is 0. The van der Waals surface area contributed by atoms with Crippen LogP contribution in [0.2, 0.25) is 0 Å². The summed E-state index contributed by atoms with van der Waals surface area (Å²) in [5, 5.41) is 7.17. The van der Waals surface area contributed by atoms with E-state index in [0.717, 1.165) is 15.6 Å². The molecular weight excluding hydrogens is 410 g/mol. The molecule has 1 aromatic carbocycles. The molecule has 10 nitrogen and oxygen atoms in total. The Kier molecular flexibility index (Phi) is 6.34. The summed E-state index contributed by atoms with van der Waals surface area (Å²) in [7, 11) is 0.568. The van der Waals surface area contributed by atoms with Gasteiger partial charge in [-0.2, -0.15) is 22.5 Å². The van der Waals surface area contributed by atoms with Gasteiger partial charge < -0.3 is 14.8 Å². The minimum atomic E-state index is -3.84. The number of aryl methyl sites for hydroxylation is 2. The highest BCUT2D eigenvalue weighted by Crippen LogP contribution is 2.32. The highest BCUT2D eigenvalue weighted by atomic mass is 32.2. The van der Waals surface area contributed by atoms with Crippen molar-refractivity contribution in [3.8, 4) is 11.5 Å². The second-order valence-electron chi connectivity index (χ2n) is 7.03. The average molecular weight is 438 g/mol. The number of amides is 1. The third-order valence-corrected chi connectivity index (χ3v) is 6.80. The van der Waals surface area contributed by atoms with Gasteiger partial charge in [0.1, 0.15) is 6.04 Å². The molecule has 1 fully saturated rings. The normalized spacial score (nSPS) is 21.2. The summed E-state index contributed by atoms with van der Waals surface area (Å²) in [6.45, 7) is 4.45. The van der Waals surface area contributed by atoms with Crippen molar-refractivity contribution in [1.82, 2.24) is 18.8 Å². The molecule has 11 heteroatoms. The Morgan fingerprint density at radius 2 is 2.00 bits per heavy atom. The summed E-state index contributed by atoms with van der Waals surface area (Å²) in [4.78, 5) is 13.0. The Morgan fingerprint density at radius 3 is 2.60 bits per heavy atom. The molecule has 2 N–H and O–H groups in total. The van der Waals surface area contributed by atoms with Crippen molar-refractivity contribution in [3.05, 3.63) is 35.7 Å². The van der Waals surface area contributed by atoms with Gasteiger partial charge in [0, 0.05) is 37.1 Å². The molecule has 2 heterocycles. The van der Waals surface area contributed by atoms with Crippen LogP contribution >= 0.6 is 0 Å². The number of aromatic nitrogens is 2. The van der Waals surface area contributed by atoms with Crippen molar-refractivity contribution in [2.45, 2.75) is 38.9 Å². The zero-order valence-electron chi connectivity index (χ0n) is 17.7. The number of hydrogen-bond acceptors (Lipinski definition) is 6. The summed E-state index contributed by atoms with van der Waals surface area (Å²) in [6.07, 6.45) is 2.09. The monoisotopic (exact) mass is 437 g/mol. The van der Waals surface area contributed by atoms with Crippen LogP contribution in [-0.4, -0.2) is 55.7 Å². The lowest BCUT2D eigenvalue weighted by Gasteiger charge is -2.36. The fraction of sp³-hybridized carbons (Fsp3) is 0.474. The zero-order valence-corrected chi connectivity index (χ0v) is 18.5. The van der Waals surface area contributed by atoms with E-state index in [1.54, 1.807) is 22.9 Å². The van der Waals surface area contributed by atoms with Gasteiger partial charge in [0.05, 0.1) is 26.0 Å². The summed E-state index contributed by atoms with van der Waals surface area (Å²) in [5.74, 6) is 0.558. The third-order valence-electron chi connectivity index (χ3n) is 5.21. The lowest BCUT2D eigenvalue weighted by molar-refractivity contribution is -0.120. The quantitative estimate of drug-likeness (QED) is 0.707. The Labute approximate surface area is 176 Å². The summed E-state index contributed by atoms with van der Waals surface area (Å²) in [6, 6.07) is 3.52. The molecule has 0 unspecified atom stereocenters. The van der Waals surface area contributed by atoms with Crippen molar-refractivity contribution in [3.63, 3.8) is 0 Å². The van der Waals surface area contributed by atoms with Crippen LogP contribution in [0.25, 0.3) is 0 Å². The number of nitrogens with one attached hydrogen (secondary N) is 2. The standard InChI is InChI=1S/C19H27N5O5S/c1-6-24-11-14(12(2)21-24)15-10-16(23(3)30(26,27)22-15)19(25)20-13-7-8-17(28-4)18(9-13)29-5/h7-9,11,15-16,22H,6,10H2,1-5H3,(H,20,25)/t15-,16-/m1/s1. The molecule has 2 aromatic rings. The van der Waals surface area contributed by atoms with Gasteiger partial charge in [0.15, 0.2) is 11.5 Å². The van der Waals surface area contributed by atoms with Crippen molar-refractivity contribution >= 4 is 21.8 Å². The number of carbonyl (C=O) groups is 1. The second kappa shape index (κ2) is 8.62. The first-order valence-electron chi connectivity index (χ1n) is 9.52. The van der Waals surface area contributed by atoms with Gasteiger partial charge in [-0.25, -0.2) is 0 Å².